The van der Waals surface area contributed by atoms with E-state index in [2.05, 4.69) is 5.32 Å². The Morgan fingerprint density at radius 3 is 2.54 bits per heavy atom. The van der Waals surface area contributed by atoms with Crippen LogP contribution in [0.25, 0.3) is 0 Å². The van der Waals surface area contributed by atoms with E-state index >= 15 is 0 Å². The van der Waals surface area contributed by atoms with Gasteiger partial charge in [-0.1, -0.05) is 25.3 Å². The average molecular weight is 332 g/mol. The summed E-state index contributed by atoms with van der Waals surface area (Å²) in [5, 5.41) is 12.8. The number of benzene rings is 1. The normalized spacial score (nSPS) is 15.8. The topological polar surface area (TPSA) is 69.6 Å². The van der Waals surface area contributed by atoms with Crippen molar-refractivity contribution in [3.05, 3.63) is 29.8 Å². The Balaban J connectivity index is 2.02. The van der Waals surface area contributed by atoms with E-state index in [1.807, 2.05) is 0 Å². The van der Waals surface area contributed by atoms with Crippen LogP contribution in [-0.2, 0) is 4.79 Å². The third-order valence-corrected chi connectivity index (χ3v) is 4.32. The summed E-state index contributed by atoms with van der Waals surface area (Å²) >= 11 is 0. The standard InChI is InChI=1S/C19H28N2O3/c1-19(2,24)13-21(3)18(23)15-10-7-11-16(12-15)20-17(22)14-8-5-4-6-9-14/h7,10-12,14,24H,4-6,8-9,13H2,1-3H3,(H,20,22). The van der Waals surface area contributed by atoms with Crippen LogP contribution in [-0.4, -0.2) is 41.0 Å². The maximum Gasteiger partial charge on any atom is 0.253 e. The van der Waals surface area contributed by atoms with Gasteiger partial charge in [-0.2, -0.15) is 0 Å². The highest BCUT2D eigenvalue weighted by Crippen LogP contribution is 2.25. The molecule has 132 valence electrons. The molecule has 0 atom stereocenters. The predicted molar refractivity (Wildman–Crippen MR) is 94.9 cm³/mol. The van der Waals surface area contributed by atoms with Crippen molar-refractivity contribution in [2.45, 2.75) is 51.6 Å². The van der Waals surface area contributed by atoms with Crippen molar-refractivity contribution < 1.29 is 14.7 Å². The molecule has 1 aromatic carbocycles. The second kappa shape index (κ2) is 7.79. The van der Waals surface area contributed by atoms with Crippen molar-refractivity contribution in [1.82, 2.24) is 4.90 Å². The molecular weight excluding hydrogens is 304 g/mol. The quantitative estimate of drug-likeness (QED) is 0.871. The van der Waals surface area contributed by atoms with Gasteiger partial charge in [0.1, 0.15) is 0 Å². The summed E-state index contributed by atoms with van der Waals surface area (Å²) in [6, 6.07) is 6.98. The molecule has 0 saturated heterocycles. The Morgan fingerprint density at radius 1 is 1.25 bits per heavy atom. The second-order valence-corrected chi connectivity index (χ2v) is 7.38. The summed E-state index contributed by atoms with van der Waals surface area (Å²) in [5.74, 6) is -0.0500. The van der Waals surface area contributed by atoms with Crippen molar-refractivity contribution in [2.24, 2.45) is 5.92 Å². The number of carbonyl (C=O) groups excluding carboxylic acids is 2. The van der Waals surface area contributed by atoms with Gasteiger partial charge in [0.25, 0.3) is 5.91 Å². The van der Waals surface area contributed by atoms with Crippen molar-refractivity contribution in [3.8, 4) is 0 Å². The molecule has 5 nitrogen and oxygen atoms in total. The number of nitrogens with zero attached hydrogens (tertiary/aromatic N) is 1. The minimum atomic E-state index is -0.947. The predicted octanol–water partition coefficient (Wildman–Crippen LogP) is 3.05. The zero-order valence-electron chi connectivity index (χ0n) is 14.8. The van der Waals surface area contributed by atoms with Crippen LogP contribution in [0.2, 0.25) is 0 Å². The number of nitrogens with one attached hydrogen (secondary N) is 1. The van der Waals surface area contributed by atoms with Crippen LogP contribution < -0.4 is 5.32 Å². The molecule has 0 aliphatic heterocycles. The molecule has 1 fully saturated rings. The number of aliphatic hydroxyl groups is 1. The molecule has 0 aromatic heterocycles. The molecule has 1 aromatic rings. The zero-order valence-corrected chi connectivity index (χ0v) is 14.8. The second-order valence-electron chi connectivity index (χ2n) is 7.38. The monoisotopic (exact) mass is 332 g/mol. The fraction of sp³-hybridized carbons (Fsp3) is 0.579. The van der Waals surface area contributed by atoms with Crippen LogP contribution in [0.15, 0.2) is 24.3 Å². The molecule has 2 rings (SSSR count). The van der Waals surface area contributed by atoms with E-state index in [4.69, 9.17) is 0 Å². The number of carbonyl (C=O) groups is 2. The maximum absolute atomic E-state index is 12.5. The van der Waals surface area contributed by atoms with E-state index in [1.54, 1.807) is 45.2 Å². The molecule has 0 heterocycles. The summed E-state index contributed by atoms with van der Waals surface area (Å²) < 4.78 is 0. The van der Waals surface area contributed by atoms with Gasteiger partial charge in [-0.15, -0.1) is 0 Å². The van der Waals surface area contributed by atoms with Gasteiger partial charge in [0.05, 0.1) is 5.60 Å². The Labute approximate surface area is 144 Å². The van der Waals surface area contributed by atoms with Crippen LogP contribution in [0.5, 0.6) is 0 Å². The molecule has 24 heavy (non-hydrogen) atoms. The van der Waals surface area contributed by atoms with Crippen molar-refractivity contribution in [3.63, 3.8) is 0 Å². The highest BCUT2D eigenvalue weighted by atomic mass is 16.3. The van der Waals surface area contributed by atoms with Gasteiger partial charge in [-0.05, 0) is 44.9 Å². The third kappa shape index (κ3) is 5.34. The lowest BCUT2D eigenvalue weighted by molar-refractivity contribution is -0.120. The lowest BCUT2D eigenvalue weighted by atomic mass is 9.88. The zero-order chi connectivity index (χ0) is 17.7. The van der Waals surface area contributed by atoms with Gasteiger partial charge in [0.2, 0.25) is 5.91 Å². The van der Waals surface area contributed by atoms with Gasteiger partial charge < -0.3 is 15.3 Å². The van der Waals surface area contributed by atoms with E-state index in [1.165, 1.54) is 11.3 Å². The summed E-state index contributed by atoms with van der Waals surface area (Å²) in [7, 11) is 1.66. The molecule has 1 aliphatic rings. The van der Waals surface area contributed by atoms with Gasteiger partial charge >= 0.3 is 0 Å². The number of amides is 2. The lowest BCUT2D eigenvalue weighted by Crippen LogP contribution is -2.39. The Bertz CT molecular complexity index is 587. The summed E-state index contributed by atoms with van der Waals surface area (Å²) in [4.78, 5) is 26.3. The molecule has 0 radical (unpaired) electrons. The highest BCUT2D eigenvalue weighted by Gasteiger charge is 2.22. The molecule has 0 spiro atoms. The first-order valence-corrected chi connectivity index (χ1v) is 8.65. The number of likely N-dealkylation sites (N-methyl/N-ethyl adjacent to an activating group) is 1. The summed E-state index contributed by atoms with van der Waals surface area (Å²) in [6.45, 7) is 3.57. The molecular formula is C19H28N2O3. The molecule has 1 aliphatic carbocycles. The van der Waals surface area contributed by atoms with Crippen LogP contribution in [0.4, 0.5) is 5.69 Å². The first-order chi connectivity index (χ1) is 11.3. The average Bonchev–Trinajstić information content (AvgIpc) is 2.53. The maximum atomic E-state index is 12.5. The largest absolute Gasteiger partial charge is 0.389 e. The molecule has 2 amide bonds. The van der Waals surface area contributed by atoms with Gasteiger partial charge in [-0.25, -0.2) is 0 Å². The summed E-state index contributed by atoms with van der Waals surface area (Å²) in [5.41, 5.74) is 0.202. The van der Waals surface area contributed by atoms with E-state index in [9.17, 15) is 14.7 Å². The summed E-state index contributed by atoms with van der Waals surface area (Å²) in [6.07, 6.45) is 5.32. The van der Waals surface area contributed by atoms with E-state index in [0.29, 0.717) is 11.3 Å². The van der Waals surface area contributed by atoms with Crippen molar-refractivity contribution >= 4 is 17.5 Å². The number of hydrogen-bond acceptors (Lipinski definition) is 3. The van der Waals surface area contributed by atoms with E-state index in [-0.39, 0.29) is 24.3 Å². The first-order valence-electron chi connectivity index (χ1n) is 8.65. The minimum absolute atomic E-state index is 0.0455. The lowest BCUT2D eigenvalue weighted by Gasteiger charge is -2.25. The molecule has 2 N–H and O–H groups in total. The van der Waals surface area contributed by atoms with Gasteiger partial charge in [0.15, 0.2) is 0 Å². The molecule has 5 heteroatoms. The smallest absolute Gasteiger partial charge is 0.253 e. The van der Waals surface area contributed by atoms with Crippen LogP contribution in [0.3, 0.4) is 0 Å². The van der Waals surface area contributed by atoms with Gasteiger partial charge in [0, 0.05) is 30.8 Å². The number of anilines is 1. The van der Waals surface area contributed by atoms with Gasteiger partial charge in [-0.3, -0.25) is 9.59 Å². The molecule has 0 unspecified atom stereocenters. The molecule has 1 saturated carbocycles. The van der Waals surface area contributed by atoms with Crippen LogP contribution in [0, 0.1) is 5.92 Å². The Hall–Kier alpha value is -1.88. The highest BCUT2D eigenvalue weighted by molar-refractivity contribution is 5.97. The SMILES string of the molecule is CN(CC(C)(C)O)C(=O)c1cccc(NC(=O)C2CCCCC2)c1. The number of hydrogen-bond donors (Lipinski definition) is 2. The van der Waals surface area contributed by atoms with E-state index < -0.39 is 5.60 Å². The van der Waals surface area contributed by atoms with Crippen molar-refractivity contribution in [2.75, 3.05) is 18.9 Å². The molecule has 0 bridgehead atoms. The third-order valence-electron chi connectivity index (χ3n) is 4.32. The first kappa shape index (κ1) is 18.5. The van der Waals surface area contributed by atoms with Crippen LogP contribution >= 0.6 is 0 Å². The fourth-order valence-electron chi connectivity index (χ4n) is 3.21. The Kier molecular flexibility index (Phi) is 5.99. The minimum Gasteiger partial charge on any atom is -0.389 e. The van der Waals surface area contributed by atoms with Crippen LogP contribution in [0.1, 0.15) is 56.3 Å². The fourth-order valence-corrected chi connectivity index (χ4v) is 3.21. The van der Waals surface area contributed by atoms with Crippen molar-refractivity contribution in [1.29, 1.82) is 0 Å². The number of rotatable bonds is 5. The Morgan fingerprint density at radius 2 is 1.92 bits per heavy atom. The van der Waals surface area contributed by atoms with E-state index in [0.717, 1.165) is 25.7 Å².